The van der Waals surface area contributed by atoms with Gasteiger partial charge in [0.1, 0.15) is 17.2 Å². The quantitative estimate of drug-likeness (QED) is 0.893. The first-order chi connectivity index (χ1) is 9.66. The maximum absolute atomic E-state index is 13.6. The smallest absolute Gasteiger partial charge is 0.257 e. The number of amides is 1. The van der Waals surface area contributed by atoms with Crippen molar-refractivity contribution >= 4 is 5.91 Å². The number of benzene rings is 2. The second-order valence-electron chi connectivity index (χ2n) is 4.86. The summed E-state index contributed by atoms with van der Waals surface area (Å²) in [7, 11) is 0. The van der Waals surface area contributed by atoms with Crippen LogP contribution in [0.4, 0.5) is 8.78 Å². The van der Waals surface area contributed by atoms with E-state index in [0.29, 0.717) is 0 Å². The van der Waals surface area contributed by atoms with Crippen LogP contribution in [-0.4, -0.2) is 5.91 Å². The largest absolute Gasteiger partial charge is 0.345 e. The number of fused-ring (bicyclic) bond motifs is 1. The Kier molecular flexibility index (Phi) is 3.22. The van der Waals surface area contributed by atoms with E-state index in [1.165, 1.54) is 11.6 Å². The van der Waals surface area contributed by atoms with Crippen LogP contribution in [0.2, 0.25) is 0 Å². The van der Waals surface area contributed by atoms with Gasteiger partial charge in [-0.15, -0.1) is 0 Å². The van der Waals surface area contributed by atoms with Crippen LogP contribution in [0.3, 0.4) is 0 Å². The van der Waals surface area contributed by atoms with E-state index >= 15 is 0 Å². The normalized spacial score (nSPS) is 16.8. The van der Waals surface area contributed by atoms with Crippen molar-refractivity contribution in [3.8, 4) is 0 Å². The van der Waals surface area contributed by atoms with Crippen molar-refractivity contribution in [1.29, 1.82) is 0 Å². The van der Waals surface area contributed by atoms with E-state index in [9.17, 15) is 13.6 Å². The number of aryl methyl sites for hydroxylation is 1. The molecular formula is C16H13F2NO. The Morgan fingerprint density at radius 2 is 1.75 bits per heavy atom. The first-order valence-electron chi connectivity index (χ1n) is 6.49. The molecule has 0 bridgehead atoms. The van der Waals surface area contributed by atoms with E-state index < -0.39 is 23.1 Å². The van der Waals surface area contributed by atoms with E-state index in [4.69, 9.17) is 0 Å². The molecule has 1 atom stereocenters. The monoisotopic (exact) mass is 273 g/mol. The van der Waals surface area contributed by atoms with Crippen molar-refractivity contribution < 1.29 is 13.6 Å². The first-order valence-corrected chi connectivity index (χ1v) is 6.49. The molecule has 2 nitrogen and oxygen atoms in total. The van der Waals surface area contributed by atoms with Gasteiger partial charge >= 0.3 is 0 Å². The van der Waals surface area contributed by atoms with Gasteiger partial charge in [-0.1, -0.05) is 30.3 Å². The topological polar surface area (TPSA) is 29.1 Å². The first kappa shape index (κ1) is 12.8. The highest BCUT2D eigenvalue weighted by Crippen LogP contribution is 2.31. The summed E-state index contributed by atoms with van der Waals surface area (Å²) in [5.41, 5.74) is 1.68. The average Bonchev–Trinajstić information content (AvgIpc) is 2.82. The third-order valence-corrected chi connectivity index (χ3v) is 3.63. The zero-order valence-electron chi connectivity index (χ0n) is 10.7. The lowest BCUT2D eigenvalue weighted by molar-refractivity contribution is 0.0928. The van der Waals surface area contributed by atoms with Gasteiger partial charge in [-0.3, -0.25) is 4.79 Å². The summed E-state index contributed by atoms with van der Waals surface area (Å²) >= 11 is 0. The molecule has 0 spiro atoms. The minimum atomic E-state index is -0.839. The Labute approximate surface area is 115 Å². The lowest BCUT2D eigenvalue weighted by Crippen LogP contribution is -2.28. The fourth-order valence-corrected chi connectivity index (χ4v) is 2.65. The number of carbonyl (C=O) groups is 1. The van der Waals surface area contributed by atoms with E-state index in [0.717, 1.165) is 30.5 Å². The maximum atomic E-state index is 13.6. The van der Waals surface area contributed by atoms with Crippen LogP contribution in [-0.2, 0) is 6.42 Å². The van der Waals surface area contributed by atoms with Crippen molar-refractivity contribution in [2.24, 2.45) is 0 Å². The van der Waals surface area contributed by atoms with Gasteiger partial charge in [0, 0.05) is 0 Å². The summed E-state index contributed by atoms with van der Waals surface area (Å²) in [4.78, 5) is 12.1. The van der Waals surface area contributed by atoms with E-state index in [-0.39, 0.29) is 6.04 Å². The summed E-state index contributed by atoms with van der Waals surface area (Å²) in [5.74, 6) is -2.38. The Hall–Kier alpha value is -2.23. The molecule has 0 saturated carbocycles. The van der Waals surface area contributed by atoms with Crippen LogP contribution >= 0.6 is 0 Å². The molecule has 2 aromatic carbocycles. The molecule has 0 aliphatic heterocycles. The Bertz CT molecular complexity index is 649. The van der Waals surface area contributed by atoms with Crippen LogP contribution in [0.1, 0.15) is 33.9 Å². The molecule has 20 heavy (non-hydrogen) atoms. The maximum Gasteiger partial charge on any atom is 0.257 e. The van der Waals surface area contributed by atoms with Gasteiger partial charge in [0.25, 0.3) is 5.91 Å². The minimum absolute atomic E-state index is 0.183. The molecule has 1 unspecified atom stereocenters. The number of carbonyl (C=O) groups excluding carboxylic acids is 1. The molecule has 0 fully saturated rings. The van der Waals surface area contributed by atoms with Crippen molar-refractivity contribution in [1.82, 2.24) is 5.32 Å². The number of halogens is 2. The highest BCUT2D eigenvalue weighted by molar-refractivity contribution is 5.95. The van der Waals surface area contributed by atoms with Gasteiger partial charge in [-0.05, 0) is 36.1 Å². The molecule has 3 rings (SSSR count). The summed E-state index contributed by atoms with van der Waals surface area (Å²) in [6, 6.07) is 11.0. The number of hydrogen-bond donors (Lipinski definition) is 1. The lowest BCUT2D eigenvalue weighted by atomic mass is 10.1. The molecule has 2 aromatic rings. The summed E-state index contributed by atoms with van der Waals surface area (Å²) in [6.07, 6.45) is 1.61. The predicted molar refractivity (Wildman–Crippen MR) is 71.3 cm³/mol. The van der Waals surface area contributed by atoms with Crippen molar-refractivity contribution in [3.63, 3.8) is 0 Å². The van der Waals surface area contributed by atoms with Crippen molar-refractivity contribution in [2.45, 2.75) is 18.9 Å². The third kappa shape index (κ3) is 2.18. The van der Waals surface area contributed by atoms with Gasteiger partial charge in [0.15, 0.2) is 0 Å². The van der Waals surface area contributed by atoms with Gasteiger partial charge in [0.2, 0.25) is 0 Å². The van der Waals surface area contributed by atoms with Gasteiger partial charge in [-0.2, -0.15) is 0 Å². The van der Waals surface area contributed by atoms with Crippen LogP contribution < -0.4 is 5.32 Å². The highest BCUT2D eigenvalue weighted by atomic mass is 19.1. The molecule has 0 aromatic heterocycles. The molecule has 102 valence electrons. The Balaban J connectivity index is 1.85. The van der Waals surface area contributed by atoms with Crippen LogP contribution in [0.5, 0.6) is 0 Å². The zero-order valence-corrected chi connectivity index (χ0v) is 10.7. The summed E-state index contributed by atoms with van der Waals surface area (Å²) < 4.78 is 27.1. The van der Waals surface area contributed by atoms with Gasteiger partial charge < -0.3 is 5.32 Å². The van der Waals surface area contributed by atoms with Gasteiger partial charge in [-0.25, -0.2) is 8.78 Å². The molecule has 4 heteroatoms. The Morgan fingerprint density at radius 3 is 2.50 bits per heavy atom. The number of nitrogens with one attached hydrogen (secondary N) is 1. The van der Waals surface area contributed by atoms with E-state index in [1.807, 2.05) is 24.3 Å². The van der Waals surface area contributed by atoms with Gasteiger partial charge in [0.05, 0.1) is 6.04 Å². The third-order valence-electron chi connectivity index (χ3n) is 3.63. The van der Waals surface area contributed by atoms with Crippen molar-refractivity contribution in [3.05, 3.63) is 70.8 Å². The summed E-state index contributed by atoms with van der Waals surface area (Å²) in [5, 5.41) is 2.71. The SMILES string of the molecule is O=C(NC1CCc2ccccc21)c1c(F)cccc1F. The predicted octanol–water partition coefficient (Wildman–Crippen LogP) is 3.38. The molecular weight excluding hydrogens is 260 g/mol. The highest BCUT2D eigenvalue weighted by Gasteiger charge is 2.26. The van der Waals surface area contributed by atoms with Crippen molar-refractivity contribution in [2.75, 3.05) is 0 Å². The molecule has 1 aliphatic carbocycles. The standard InChI is InChI=1S/C16H13F2NO/c17-12-6-3-7-13(18)15(12)16(20)19-14-9-8-10-4-1-2-5-11(10)14/h1-7,14H,8-9H2,(H,19,20). The molecule has 0 heterocycles. The van der Waals surface area contributed by atoms with E-state index in [2.05, 4.69) is 5.32 Å². The average molecular weight is 273 g/mol. The van der Waals surface area contributed by atoms with Crippen LogP contribution in [0, 0.1) is 11.6 Å². The Morgan fingerprint density at radius 1 is 1.05 bits per heavy atom. The molecule has 0 radical (unpaired) electrons. The van der Waals surface area contributed by atoms with Crippen LogP contribution in [0.25, 0.3) is 0 Å². The van der Waals surface area contributed by atoms with Crippen LogP contribution in [0.15, 0.2) is 42.5 Å². The fourth-order valence-electron chi connectivity index (χ4n) is 2.65. The lowest BCUT2D eigenvalue weighted by Gasteiger charge is -2.14. The summed E-state index contributed by atoms with van der Waals surface area (Å²) in [6.45, 7) is 0. The minimum Gasteiger partial charge on any atom is -0.345 e. The number of rotatable bonds is 2. The fraction of sp³-hybridized carbons (Fsp3) is 0.188. The molecule has 1 amide bonds. The molecule has 1 aliphatic rings. The molecule has 0 saturated heterocycles. The number of hydrogen-bond acceptors (Lipinski definition) is 1. The molecule has 1 N–H and O–H groups in total. The zero-order chi connectivity index (χ0) is 14.1. The second kappa shape index (κ2) is 5.04. The van der Waals surface area contributed by atoms with E-state index in [1.54, 1.807) is 0 Å². The second-order valence-corrected chi connectivity index (χ2v) is 4.86.